The first kappa shape index (κ1) is 13.7. The predicted octanol–water partition coefficient (Wildman–Crippen LogP) is 1.09. The summed E-state index contributed by atoms with van der Waals surface area (Å²) in [5.74, 6) is 3.49. The van der Waals surface area contributed by atoms with E-state index in [0.717, 1.165) is 12.5 Å². The Morgan fingerprint density at radius 1 is 1.41 bits per heavy atom. The van der Waals surface area contributed by atoms with Gasteiger partial charge in [-0.1, -0.05) is 0 Å². The van der Waals surface area contributed by atoms with Gasteiger partial charge in [0.25, 0.3) is 0 Å². The van der Waals surface area contributed by atoms with Gasteiger partial charge in [0.05, 0.1) is 0 Å². The van der Waals surface area contributed by atoms with Gasteiger partial charge in [0, 0.05) is 31.7 Å². The molecule has 3 atom stereocenters. The van der Waals surface area contributed by atoms with Gasteiger partial charge in [-0.15, -0.1) is 0 Å². The molecule has 100 valence electrons. The van der Waals surface area contributed by atoms with Crippen molar-refractivity contribution in [3.8, 4) is 0 Å². The Morgan fingerprint density at radius 2 is 2.24 bits per heavy atom. The highest BCUT2D eigenvalue weighted by atomic mass is 32.2. The number of likely N-dealkylation sites (N-methyl/N-ethyl adjacent to an activating group) is 1. The molecule has 0 radical (unpaired) electrons. The van der Waals surface area contributed by atoms with Crippen molar-refractivity contribution >= 4 is 11.8 Å². The molecule has 2 saturated heterocycles. The second-order valence-corrected chi connectivity index (χ2v) is 6.78. The molecule has 0 aliphatic carbocycles. The Bertz CT molecular complexity index is 231. The summed E-state index contributed by atoms with van der Waals surface area (Å²) in [6.07, 6.45) is 2.66. The minimum atomic E-state index is 0.617. The van der Waals surface area contributed by atoms with E-state index in [-0.39, 0.29) is 0 Å². The lowest BCUT2D eigenvalue weighted by Crippen LogP contribution is -2.51. The monoisotopic (exact) mass is 257 g/mol. The largest absolute Gasteiger partial charge is 0.329 e. The van der Waals surface area contributed by atoms with Crippen molar-refractivity contribution in [1.29, 1.82) is 0 Å². The predicted molar refractivity (Wildman–Crippen MR) is 76.6 cm³/mol. The van der Waals surface area contributed by atoms with Gasteiger partial charge in [0.15, 0.2) is 0 Å². The first-order chi connectivity index (χ1) is 8.22. The highest BCUT2D eigenvalue weighted by molar-refractivity contribution is 7.99. The van der Waals surface area contributed by atoms with Crippen molar-refractivity contribution in [3.05, 3.63) is 0 Å². The normalized spacial score (nSPS) is 34.8. The van der Waals surface area contributed by atoms with E-state index in [4.69, 9.17) is 5.73 Å². The summed E-state index contributed by atoms with van der Waals surface area (Å²) >= 11 is 2.10. The van der Waals surface area contributed by atoms with Gasteiger partial charge in [-0.3, -0.25) is 4.90 Å². The van der Waals surface area contributed by atoms with Crippen molar-refractivity contribution in [2.24, 2.45) is 11.7 Å². The van der Waals surface area contributed by atoms with Crippen LogP contribution in [-0.2, 0) is 0 Å². The molecule has 2 fully saturated rings. The van der Waals surface area contributed by atoms with Crippen LogP contribution in [-0.4, -0.2) is 66.6 Å². The number of thioether (sulfide) groups is 1. The quantitative estimate of drug-likeness (QED) is 0.820. The summed E-state index contributed by atoms with van der Waals surface area (Å²) in [7, 11) is 2.24. The Labute approximate surface area is 110 Å². The standard InChI is InChI=1S/C13H27N3S/c1-11-9-15(2)5-3-6-16(11)13(8-14)12-4-7-17-10-12/h11-13H,3-10,14H2,1-2H3. The van der Waals surface area contributed by atoms with Crippen LogP contribution >= 0.6 is 11.8 Å². The van der Waals surface area contributed by atoms with E-state index in [1.54, 1.807) is 0 Å². The molecule has 3 unspecified atom stereocenters. The van der Waals surface area contributed by atoms with Gasteiger partial charge in [-0.05, 0) is 50.8 Å². The van der Waals surface area contributed by atoms with Crippen LogP contribution in [0.5, 0.6) is 0 Å². The minimum absolute atomic E-state index is 0.617. The van der Waals surface area contributed by atoms with Crippen LogP contribution in [0.15, 0.2) is 0 Å². The molecule has 2 aliphatic rings. The first-order valence-corrected chi connectivity index (χ1v) is 8.10. The molecule has 2 aliphatic heterocycles. The zero-order chi connectivity index (χ0) is 12.3. The SMILES string of the molecule is CC1CN(C)CCCN1C(CN)C1CCSC1. The lowest BCUT2D eigenvalue weighted by atomic mass is 9.96. The average Bonchev–Trinajstić information content (AvgIpc) is 2.75. The summed E-state index contributed by atoms with van der Waals surface area (Å²) in [4.78, 5) is 5.15. The molecule has 0 aromatic carbocycles. The summed E-state index contributed by atoms with van der Waals surface area (Å²) in [5, 5.41) is 0. The summed E-state index contributed by atoms with van der Waals surface area (Å²) < 4.78 is 0. The Morgan fingerprint density at radius 3 is 2.88 bits per heavy atom. The molecule has 3 nitrogen and oxygen atoms in total. The number of nitrogens with two attached hydrogens (primary N) is 1. The van der Waals surface area contributed by atoms with Crippen molar-refractivity contribution in [3.63, 3.8) is 0 Å². The minimum Gasteiger partial charge on any atom is -0.329 e. The number of rotatable bonds is 3. The van der Waals surface area contributed by atoms with Crippen LogP contribution in [0.4, 0.5) is 0 Å². The Kier molecular flexibility index (Phi) is 5.15. The maximum Gasteiger partial charge on any atom is 0.0258 e. The van der Waals surface area contributed by atoms with E-state index in [2.05, 4.69) is 35.5 Å². The molecular weight excluding hydrogens is 230 g/mol. The Balaban J connectivity index is 2.01. The molecular formula is C13H27N3S. The van der Waals surface area contributed by atoms with Gasteiger partial charge in [0.1, 0.15) is 0 Å². The molecule has 0 spiro atoms. The zero-order valence-corrected chi connectivity index (χ0v) is 12.1. The van der Waals surface area contributed by atoms with Gasteiger partial charge in [0.2, 0.25) is 0 Å². The summed E-state index contributed by atoms with van der Waals surface area (Å²) in [6, 6.07) is 1.27. The Hall–Kier alpha value is 0.230. The fourth-order valence-corrected chi connectivity index (χ4v) is 4.67. The fraction of sp³-hybridized carbons (Fsp3) is 1.00. The topological polar surface area (TPSA) is 32.5 Å². The molecule has 0 bridgehead atoms. The smallest absolute Gasteiger partial charge is 0.0258 e. The van der Waals surface area contributed by atoms with Crippen LogP contribution in [0.2, 0.25) is 0 Å². The molecule has 4 heteroatoms. The van der Waals surface area contributed by atoms with Crippen molar-refractivity contribution < 1.29 is 0 Å². The van der Waals surface area contributed by atoms with Crippen LogP contribution in [0.1, 0.15) is 19.8 Å². The summed E-state index contributed by atoms with van der Waals surface area (Å²) in [6.45, 7) is 6.86. The third-order valence-corrected chi connectivity index (χ3v) is 5.46. The van der Waals surface area contributed by atoms with Crippen molar-refractivity contribution in [1.82, 2.24) is 9.80 Å². The van der Waals surface area contributed by atoms with Crippen LogP contribution in [0.25, 0.3) is 0 Å². The lowest BCUT2D eigenvalue weighted by molar-refractivity contribution is 0.112. The highest BCUT2D eigenvalue weighted by Crippen LogP contribution is 2.30. The van der Waals surface area contributed by atoms with Gasteiger partial charge < -0.3 is 10.6 Å². The van der Waals surface area contributed by atoms with E-state index in [0.29, 0.717) is 12.1 Å². The van der Waals surface area contributed by atoms with E-state index in [9.17, 15) is 0 Å². The van der Waals surface area contributed by atoms with Crippen molar-refractivity contribution in [2.45, 2.75) is 31.8 Å². The maximum atomic E-state index is 6.07. The van der Waals surface area contributed by atoms with Crippen LogP contribution < -0.4 is 5.73 Å². The number of hydrogen-bond donors (Lipinski definition) is 1. The molecule has 0 aromatic rings. The third kappa shape index (κ3) is 3.37. The molecule has 0 saturated carbocycles. The van der Waals surface area contributed by atoms with Gasteiger partial charge in [-0.25, -0.2) is 0 Å². The second kappa shape index (κ2) is 6.41. The number of nitrogens with zero attached hydrogens (tertiary/aromatic N) is 2. The van der Waals surface area contributed by atoms with E-state index in [1.807, 2.05) is 0 Å². The fourth-order valence-electron chi connectivity index (χ4n) is 3.34. The highest BCUT2D eigenvalue weighted by Gasteiger charge is 2.32. The van der Waals surface area contributed by atoms with Crippen LogP contribution in [0, 0.1) is 5.92 Å². The molecule has 0 aromatic heterocycles. The molecule has 2 N–H and O–H groups in total. The third-order valence-electron chi connectivity index (χ3n) is 4.27. The number of hydrogen-bond acceptors (Lipinski definition) is 4. The van der Waals surface area contributed by atoms with Gasteiger partial charge >= 0.3 is 0 Å². The van der Waals surface area contributed by atoms with Crippen LogP contribution in [0.3, 0.4) is 0 Å². The van der Waals surface area contributed by atoms with Crippen molar-refractivity contribution in [2.75, 3.05) is 44.7 Å². The lowest BCUT2D eigenvalue weighted by Gasteiger charge is -2.38. The van der Waals surface area contributed by atoms with Gasteiger partial charge in [-0.2, -0.15) is 11.8 Å². The zero-order valence-electron chi connectivity index (χ0n) is 11.3. The van der Waals surface area contributed by atoms with E-state index >= 15 is 0 Å². The molecule has 0 amide bonds. The average molecular weight is 257 g/mol. The molecule has 2 heterocycles. The molecule has 17 heavy (non-hydrogen) atoms. The molecule has 2 rings (SSSR count). The summed E-state index contributed by atoms with van der Waals surface area (Å²) in [5.41, 5.74) is 6.07. The second-order valence-electron chi connectivity index (χ2n) is 5.63. The maximum absolute atomic E-state index is 6.07. The first-order valence-electron chi connectivity index (χ1n) is 6.94. The van der Waals surface area contributed by atoms with E-state index in [1.165, 1.54) is 44.0 Å². The van der Waals surface area contributed by atoms with E-state index < -0.39 is 0 Å².